The molecule has 0 amide bonds. The molecule has 2 aromatic carbocycles. The van der Waals surface area contributed by atoms with Crippen LogP contribution in [0.1, 0.15) is 55.4 Å². The van der Waals surface area contributed by atoms with Crippen LogP contribution in [0.4, 0.5) is 0 Å². The van der Waals surface area contributed by atoms with E-state index in [1.54, 1.807) is 13.2 Å². The van der Waals surface area contributed by atoms with Gasteiger partial charge in [0, 0.05) is 36.1 Å². The van der Waals surface area contributed by atoms with Gasteiger partial charge < -0.3 is 19.7 Å². The number of likely N-dealkylation sites (tertiary alicyclic amines) is 1. The molecule has 1 spiro atoms. The maximum atomic E-state index is 12.0. The molecule has 0 aromatic heterocycles. The van der Waals surface area contributed by atoms with Gasteiger partial charge in [-0.25, -0.2) is 0 Å². The van der Waals surface area contributed by atoms with Crippen molar-refractivity contribution >= 4 is 0 Å². The highest BCUT2D eigenvalue weighted by molar-refractivity contribution is 5.63. The second kappa shape index (κ2) is 7.59. The molecule has 1 saturated heterocycles. The average molecular weight is 488 g/mol. The van der Waals surface area contributed by atoms with Crippen LogP contribution in [0.5, 0.6) is 11.5 Å². The van der Waals surface area contributed by atoms with E-state index in [0.717, 1.165) is 43.8 Å². The lowest BCUT2D eigenvalue weighted by Gasteiger charge is -2.69. The SMILES string of the molecule is C=C[C@@]12C[C@](C)([C@@H](O)c3ccccc3)C(OC)[C@H]3Oc4c(O)ccc5c4[C@]31CCN(CC1CC1)[C@H]2C5. The molecular formula is C31H37NO4. The number of nitrogens with zero attached hydrogens (tertiary/aromatic N) is 1. The van der Waals surface area contributed by atoms with Gasteiger partial charge in [-0.3, -0.25) is 4.90 Å². The maximum absolute atomic E-state index is 12.0. The number of phenols is 1. The van der Waals surface area contributed by atoms with Crippen LogP contribution in [-0.4, -0.2) is 53.6 Å². The fourth-order valence-corrected chi connectivity index (χ4v) is 8.95. The Morgan fingerprint density at radius 1 is 1.22 bits per heavy atom. The molecule has 190 valence electrons. The summed E-state index contributed by atoms with van der Waals surface area (Å²) in [6.07, 6.45) is 6.06. The van der Waals surface area contributed by atoms with E-state index in [2.05, 4.69) is 30.5 Å². The highest BCUT2D eigenvalue weighted by Crippen LogP contribution is 2.73. The van der Waals surface area contributed by atoms with E-state index in [1.807, 2.05) is 30.3 Å². The first-order chi connectivity index (χ1) is 17.4. The fourth-order valence-electron chi connectivity index (χ4n) is 8.95. The van der Waals surface area contributed by atoms with Crippen molar-refractivity contribution in [1.29, 1.82) is 0 Å². The van der Waals surface area contributed by atoms with Crippen LogP contribution >= 0.6 is 0 Å². The van der Waals surface area contributed by atoms with Gasteiger partial charge in [0.15, 0.2) is 11.5 Å². The molecule has 2 heterocycles. The summed E-state index contributed by atoms with van der Waals surface area (Å²) in [6, 6.07) is 14.1. The minimum absolute atomic E-state index is 0.203. The van der Waals surface area contributed by atoms with Gasteiger partial charge >= 0.3 is 0 Å². The molecule has 7 rings (SSSR count). The normalized spacial score (nSPS) is 39.2. The average Bonchev–Trinajstić information content (AvgIpc) is 3.64. The Balaban J connectivity index is 1.45. The van der Waals surface area contributed by atoms with Crippen LogP contribution in [-0.2, 0) is 16.6 Å². The third-order valence-electron chi connectivity index (χ3n) is 10.6. The monoisotopic (exact) mass is 487 g/mol. The molecule has 2 N–H and O–H groups in total. The third-order valence-corrected chi connectivity index (χ3v) is 10.6. The highest BCUT2D eigenvalue weighted by atomic mass is 16.5. The quantitative estimate of drug-likeness (QED) is 0.575. The second-order valence-electron chi connectivity index (χ2n) is 12.3. The molecule has 7 atom stereocenters. The summed E-state index contributed by atoms with van der Waals surface area (Å²) in [6.45, 7) is 8.81. The molecule has 0 radical (unpaired) electrons. The van der Waals surface area contributed by atoms with Gasteiger partial charge in [-0.15, -0.1) is 6.58 Å². The summed E-state index contributed by atoms with van der Waals surface area (Å²) in [4.78, 5) is 2.72. The lowest BCUT2D eigenvalue weighted by molar-refractivity contribution is -0.224. The van der Waals surface area contributed by atoms with Gasteiger partial charge in [-0.2, -0.15) is 0 Å². The Morgan fingerprint density at radius 2 is 2.00 bits per heavy atom. The van der Waals surface area contributed by atoms with Gasteiger partial charge in [-0.05, 0) is 61.8 Å². The number of aliphatic hydroxyl groups is 1. The number of aliphatic hydroxyl groups excluding tert-OH is 1. The standard InChI is InChI=1S/C31H37NO4/c1-4-30-18-29(2,26(34)20-8-6-5-7-9-20)27(35-3)28-31(30)14-15-32(17-19-10-11-19)23(30)16-21-12-13-22(33)25(36-28)24(21)31/h4-9,12-13,19,23,26-28,33-34H,1,10-11,14-18H2,2-3H3/t23-,26-,27?,28+,29+,30-,31+/m0/s1. The first-order valence-corrected chi connectivity index (χ1v) is 13.5. The Morgan fingerprint density at radius 3 is 2.69 bits per heavy atom. The minimum atomic E-state index is -0.724. The smallest absolute Gasteiger partial charge is 0.165 e. The third kappa shape index (κ3) is 2.67. The van der Waals surface area contributed by atoms with E-state index < -0.39 is 11.5 Å². The van der Waals surface area contributed by atoms with E-state index in [-0.39, 0.29) is 34.8 Å². The fraction of sp³-hybridized carbons (Fsp3) is 0.548. The lowest BCUT2D eigenvalue weighted by Crippen LogP contribution is -2.76. The lowest BCUT2D eigenvalue weighted by atomic mass is 9.39. The molecule has 5 aliphatic rings. The first kappa shape index (κ1) is 22.8. The second-order valence-corrected chi connectivity index (χ2v) is 12.3. The predicted octanol–water partition coefficient (Wildman–Crippen LogP) is 4.76. The summed E-state index contributed by atoms with van der Waals surface area (Å²) in [5, 5.41) is 23.0. The van der Waals surface area contributed by atoms with E-state index in [4.69, 9.17) is 9.47 Å². The molecule has 2 bridgehead atoms. The van der Waals surface area contributed by atoms with Crippen molar-refractivity contribution in [2.75, 3.05) is 20.2 Å². The Bertz CT molecular complexity index is 1210. The van der Waals surface area contributed by atoms with Gasteiger partial charge in [0.25, 0.3) is 0 Å². The maximum Gasteiger partial charge on any atom is 0.165 e. The minimum Gasteiger partial charge on any atom is -0.504 e. The van der Waals surface area contributed by atoms with Gasteiger partial charge in [0.05, 0.1) is 11.5 Å². The van der Waals surface area contributed by atoms with Crippen LogP contribution in [0.2, 0.25) is 0 Å². The summed E-state index contributed by atoms with van der Waals surface area (Å²) < 4.78 is 13.1. The largest absolute Gasteiger partial charge is 0.504 e. The van der Waals surface area contributed by atoms with Gasteiger partial charge in [-0.1, -0.05) is 49.4 Å². The van der Waals surface area contributed by atoms with Crippen molar-refractivity contribution in [1.82, 2.24) is 4.90 Å². The van der Waals surface area contributed by atoms with Gasteiger partial charge in [0.2, 0.25) is 0 Å². The molecule has 5 nitrogen and oxygen atoms in total. The molecule has 3 fully saturated rings. The summed E-state index contributed by atoms with van der Waals surface area (Å²) in [5.41, 5.74) is 2.10. The van der Waals surface area contributed by atoms with Crippen LogP contribution in [0.25, 0.3) is 0 Å². The summed E-state index contributed by atoms with van der Waals surface area (Å²) in [7, 11) is 1.74. The van der Waals surface area contributed by atoms with E-state index in [9.17, 15) is 10.2 Å². The zero-order valence-corrected chi connectivity index (χ0v) is 21.3. The number of piperidine rings is 1. The number of aromatic hydroxyl groups is 1. The van der Waals surface area contributed by atoms with Crippen LogP contribution in [0.15, 0.2) is 55.1 Å². The molecular weight excluding hydrogens is 450 g/mol. The molecule has 36 heavy (non-hydrogen) atoms. The predicted molar refractivity (Wildman–Crippen MR) is 138 cm³/mol. The topological polar surface area (TPSA) is 62.2 Å². The van der Waals surface area contributed by atoms with Crippen molar-refractivity contribution in [3.05, 3.63) is 71.8 Å². The summed E-state index contributed by atoms with van der Waals surface area (Å²) in [5.74, 6) is 1.62. The molecule has 2 saturated carbocycles. The molecule has 2 aromatic rings. The number of phenolic OH excluding ortho intramolecular Hbond substituents is 1. The van der Waals surface area contributed by atoms with Crippen LogP contribution < -0.4 is 4.74 Å². The van der Waals surface area contributed by atoms with Gasteiger partial charge in [0.1, 0.15) is 12.2 Å². The highest BCUT2D eigenvalue weighted by Gasteiger charge is 2.76. The first-order valence-electron chi connectivity index (χ1n) is 13.5. The molecule has 3 aliphatic carbocycles. The molecule has 1 unspecified atom stereocenters. The van der Waals surface area contributed by atoms with Crippen LogP contribution in [0, 0.1) is 16.7 Å². The van der Waals surface area contributed by atoms with Crippen molar-refractivity contribution in [3.63, 3.8) is 0 Å². The van der Waals surface area contributed by atoms with Crippen molar-refractivity contribution in [2.45, 2.75) is 68.8 Å². The number of ether oxygens (including phenoxy) is 2. The van der Waals surface area contributed by atoms with Crippen LogP contribution in [0.3, 0.4) is 0 Å². The number of methoxy groups -OCH3 is 1. The molecule has 5 heteroatoms. The number of rotatable bonds is 6. The zero-order valence-electron chi connectivity index (χ0n) is 21.3. The van der Waals surface area contributed by atoms with Crippen molar-refractivity contribution in [2.24, 2.45) is 16.7 Å². The number of hydrogen-bond donors (Lipinski definition) is 2. The molecule has 2 aliphatic heterocycles. The van der Waals surface area contributed by atoms with E-state index in [1.165, 1.54) is 24.0 Å². The Hall–Kier alpha value is -2.34. The Labute approximate surface area is 213 Å². The van der Waals surface area contributed by atoms with Crippen molar-refractivity contribution < 1.29 is 19.7 Å². The Kier molecular flexibility index (Phi) is 4.81. The van der Waals surface area contributed by atoms with Crippen molar-refractivity contribution in [3.8, 4) is 11.5 Å². The number of benzene rings is 2. The number of hydrogen-bond acceptors (Lipinski definition) is 5. The van der Waals surface area contributed by atoms with E-state index >= 15 is 0 Å². The zero-order chi connectivity index (χ0) is 24.9. The summed E-state index contributed by atoms with van der Waals surface area (Å²) >= 11 is 0. The van der Waals surface area contributed by atoms with E-state index in [0.29, 0.717) is 5.75 Å².